The molecule has 1 N–H and O–H groups in total. The first-order chi connectivity index (χ1) is 9.77. The summed E-state index contributed by atoms with van der Waals surface area (Å²) >= 11 is 0. The van der Waals surface area contributed by atoms with Crippen LogP contribution in [0.1, 0.15) is 27.5 Å². The highest BCUT2D eigenvalue weighted by Gasteiger charge is 2.41. The molecule has 0 fully saturated rings. The second-order valence-corrected chi connectivity index (χ2v) is 5.17. The minimum Gasteiger partial charge on any atom is -0.309 e. The number of hydrogen-bond acceptors (Lipinski definition) is 3. The maximum Gasteiger partial charge on any atom is 0.193 e. The van der Waals surface area contributed by atoms with Gasteiger partial charge in [-0.05, 0) is 5.56 Å². The third-order valence-electron chi connectivity index (χ3n) is 4.01. The largest absolute Gasteiger partial charge is 0.309 e. The van der Waals surface area contributed by atoms with Crippen molar-refractivity contribution in [2.24, 2.45) is 0 Å². The Morgan fingerprint density at radius 2 is 1.60 bits per heavy atom. The third-order valence-corrected chi connectivity index (χ3v) is 4.01. The van der Waals surface area contributed by atoms with E-state index in [0.29, 0.717) is 0 Å². The molecule has 3 nitrogen and oxygen atoms in total. The van der Waals surface area contributed by atoms with Crippen molar-refractivity contribution in [1.82, 2.24) is 10.4 Å². The maximum absolute atomic E-state index is 12.7. The van der Waals surface area contributed by atoms with Crippen LogP contribution in [0, 0.1) is 0 Å². The molecule has 0 aromatic heterocycles. The molecule has 20 heavy (non-hydrogen) atoms. The predicted octanol–water partition coefficient (Wildman–Crippen LogP) is 2.79. The first-order valence-corrected chi connectivity index (χ1v) is 6.70. The molecule has 0 amide bonds. The molecule has 1 heterocycles. The number of ketones is 1. The van der Waals surface area contributed by atoms with Gasteiger partial charge in [-0.2, -0.15) is 0 Å². The average Bonchev–Trinajstić information content (AvgIpc) is 2.98. The maximum atomic E-state index is 12.7. The Morgan fingerprint density at radius 3 is 2.35 bits per heavy atom. The van der Waals surface area contributed by atoms with E-state index in [1.165, 1.54) is 0 Å². The average molecular weight is 262 g/mol. The Balaban J connectivity index is 1.89. The van der Waals surface area contributed by atoms with Gasteiger partial charge in [-0.3, -0.25) is 4.79 Å². The van der Waals surface area contributed by atoms with E-state index in [9.17, 15) is 4.79 Å². The first kappa shape index (κ1) is 11.4. The van der Waals surface area contributed by atoms with E-state index in [1.807, 2.05) is 54.5 Å². The van der Waals surface area contributed by atoms with Crippen molar-refractivity contribution >= 4 is 11.5 Å². The first-order valence-electron chi connectivity index (χ1n) is 6.70. The van der Waals surface area contributed by atoms with E-state index in [0.717, 1.165) is 28.0 Å². The van der Waals surface area contributed by atoms with E-state index in [1.54, 1.807) is 0 Å². The van der Waals surface area contributed by atoms with E-state index in [-0.39, 0.29) is 11.8 Å². The van der Waals surface area contributed by atoms with E-state index in [4.69, 9.17) is 0 Å². The molecule has 0 saturated heterocycles. The fourth-order valence-corrected chi connectivity index (χ4v) is 3.12. The molecular weight excluding hydrogens is 248 g/mol. The molecule has 2 aromatic rings. The Bertz CT molecular complexity index is 734. The van der Waals surface area contributed by atoms with Crippen LogP contribution in [0.4, 0.5) is 0 Å². The van der Waals surface area contributed by atoms with Crippen molar-refractivity contribution in [2.45, 2.75) is 6.04 Å². The van der Waals surface area contributed by atoms with Gasteiger partial charge < -0.3 is 5.01 Å². The Kier molecular flexibility index (Phi) is 2.32. The number of benzene rings is 2. The monoisotopic (exact) mass is 262 g/mol. The Labute approximate surface area is 117 Å². The van der Waals surface area contributed by atoms with Gasteiger partial charge in [0, 0.05) is 23.7 Å². The van der Waals surface area contributed by atoms with Gasteiger partial charge in [0.25, 0.3) is 0 Å². The number of nitrogens with zero attached hydrogens (tertiary/aromatic N) is 1. The highest BCUT2D eigenvalue weighted by atomic mass is 16.1. The molecular formula is C17H14N2O. The standard InChI is InChI=1S/C17H14N2O/c1-19-16-12-9-5-6-10-13(12)17(20)14(16)15(18-19)11-7-3-2-4-8-11/h2-10,15,18H,1H3. The van der Waals surface area contributed by atoms with Crippen molar-refractivity contribution < 1.29 is 4.79 Å². The molecule has 1 unspecified atom stereocenters. The molecule has 4 rings (SSSR count). The SMILES string of the molecule is CN1NC(c2ccccc2)C2=C1c1ccccc1C2=O. The molecule has 0 spiro atoms. The predicted molar refractivity (Wildman–Crippen MR) is 77.8 cm³/mol. The van der Waals surface area contributed by atoms with Gasteiger partial charge in [0.15, 0.2) is 5.78 Å². The van der Waals surface area contributed by atoms with E-state index in [2.05, 4.69) is 17.6 Å². The number of hydrazine groups is 1. The van der Waals surface area contributed by atoms with Gasteiger partial charge in [-0.25, -0.2) is 5.43 Å². The second kappa shape index (κ2) is 4.05. The van der Waals surface area contributed by atoms with Gasteiger partial charge >= 0.3 is 0 Å². The minimum absolute atomic E-state index is 0.0592. The van der Waals surface area contributed by atoms with E-state index >= 15 is 0 Å². The number of carbonyl (C=O) groups is 1. The quantitative estimate of drug-likeness (QED) is 0.857. The molecule has 2 aromatic carbocycles. The van der Waals surface area contributed by atoms with Crippen LogP contribution in [-0.2, 0) is 0 Å². The number of carbonyl (C=O) groups excluding carboxylic acids is 1. The third kappa shape index (κ3) is 1.41. The minimum atomic E-state index is -0.0592. The van der Waals surface area contributed by atoms with Crippen LogP contribution in [0.5, 0.6) is 0 Å². The summed E-state index contributed by atoms with van der Waals surface area (Å²) in [6, 6.07) is 17.9. The van der Waals surface area contributed by atoms with Crippen LogP contribution in [-0.4, -0.2) is 17.8 Å². The lowest BCUT2D eigenvalue weighted by molar-refractivity contribution is 0.103. The fourth-order valence-electron chi connectivity index (χ4n) is 3.12. The van der Waals surface area contributed by atoms with Gasteiger partial charge in [0.1, 0.15) is 0 Å². The van der Waals surface area contributed by atoms with Gasteiger partial charge in [-0.15, -0.1) is 0 Å². The van der Waals surface area contributed by atoms with Gasteiger partial charge in [0.05, 0.1) is 11.7 Å². The molecule has 0 bridgehead atoms. The van der Waals surface area contributed by atoms with Crippen LogP contribution in [0.15, 0.2) is 60.2 Å². The van der Waals surface area contributed by atoms with Crippen molar-refractivity contribution in [1.29, 1.82) is 0 Å². The molecule has 98 valence electrons. The number of hydrogen-bond donors (Lipinski definition) is 1. The molecule has 1 aliphatic heterocycles. The van der Waals surface area contributed by atoms with Crippen molar-refractivity contribution in [3.05, 3.63) is 76.9 Å². The van der Waals surface area contributed by atoms with Crippen molar-refractivity contribution in [3.8, 4) is 0 Å². The van der Waals surface area contributed by atoms with Crippen LogP contribution >= 0.6 is 0 Å². The lowest BCUT2D eigenvalue weighted by atomic mass is 9.97. The summed E-state index contributed by atoms with van der Waals surface area (Å²) in [7, 11) is 1.97. The summed E-state index contributed by atoms with van der Waals surface area (Å²) in [6.07, 6.45) is 0. The summed E-state index contributed by atoms with van der Waals surface area (Å²) in [6.45, 7) is 0. The van der Waals surface area contributed by atoms with E-state index < -0.39 is 0 Å². The van der Waals surface area contributed by atoms with Crippen molar-refractivity contribution in [2.75, 3.05) is 7.05 Å². The Hall–Kier alpha value is -2.39. The summed E-state index contributed by atoms with van der Waals surface area (Å²) in [5.74, 6) is 0.140. The molecule has 1 atom stereocenters. The lowest BCUT2D eigenvalue weighted by Crippen LogP contribution is -2.31. The van der Waals surface area contributed by atoms with Gasteiger partial charge in [-0.1, -0.05) is 54.6 Å². The summed E-state index contributed by atoms with van der Waals surface area (Å²) in [5.41, 5.74) is 8.21. The zero-order chi connectivity index (χ0) is 13.7. The van der Waals surface area contributed by atoms with Crippen LogP contribution in [0.2, 0.25) is 0 Å². The lowest BCUT2D eigenvalue weighted by Gasteiger charge is -2.20. The Morgan fingerprint density at radius 1 is 0.950 bits per heavy atom. The second-order valence-electron chi connectivity index (χ2n) is 5.17. The van der Waals surface area contributed by atoms with Crippen LogP contribution in [0.25, 0.3) is 5.70 Å². The smallest absolute Gasteiger partial charge is 0.193 e. The molecule has 2 aliphatic rings. The molecule has 0 saturated carbocycles. The molecule has 0 radical (unpaired) electrons. The summed E-state index contributed by atoms with van der Waals surface area (Å²) in [4.78, 5) is 12.7. The zero-order valence-electron chi connectivity index (χ0n) is 11.1. The van der Waals surface area contributed by atoms with Crippen LogP contribution < -0.4 is 5.43 Å². The van der Waals surface area contributed by atoms with Crippen molar-refractivity contribution in [3.63, 3.8) is 0 Å². The number of Topliss-reactive ketones (excluding diaryl/α,β-unsaturated/α-hetero) is 1. The summed E-state index contributed by atoms with van der Waals surface area (Å²) in [5, 5.41) is 1.97. The zero-order valence-corrected chi connectivity index (χ0v) is 11.1. The molecule has 3 heteroatoms. The van der Waals surface area contributed by atoms with Gasteiger partial charge in [0.2, 0.25) is 0 Å². The fraction of sp³-hybridized carbons (Fsp3) is 0.118. The van der Waals surface area contributed by atoms with Crippen LogP contribution in [0.3, 0.4) is 0 Å². The number of rotatable bonds is 1. The summed E-state index contributed by atoms with van der Waals surface area (Å²) < 4.78 is 0. The number of nitrogens with one attached hydrogen (secondary N) is 1. The number of fused-ring (bicyclic) bond motifs is 2. The normalized spacial score (nSPS) is 20.4. The topological polar surface area (TPSA) is 32.3 Å². The molecule has 1 aliphatic carbocycles. The highest BCUT2D eigenvalue weighted by Crippen LogP contribution is 2.44. The highest BCUT2D eigenvalue weighted by molar-refractivity contribution is 6.21.